The molecule has 8 nitrogen and oxygen atoms in total. The molecule has 1 aliphatic rings. The van der Waals surface area contributed by atoms with Gasteiger partial charge in [-0.3, -0.25) is 4.79 Å². The van der Waals surface area contributed by atoms with E-state index in [0.29, 0.717) is 39.5 Å². The summed E-state index contributed by atoms with van der Waals surface area (Å²) in [6.07, 6.45) is 0. The number of anilines is 1. The number of urea groups is 1. The van der Waals surface area contributed by atoms with Gasteiger partial charge in [-0.2, -0.15) is 0 Å². The molecule has 3 rings (SSSR count). The number of nitrogens with one attached hydrogen (secondary N) is 2. The van der Waals surface area contributed by atoms with Crippen LogP contribution in [0, 0.1) is 0 Å². The Labute approximate surface area is 184 Å². The number of carbonyl (C=O) groups is 2. The van der Waals surface area contributed by atoms with Gasteiger partial charge in [-0.25, -0.2) is 4.79 Å². The van der Waals surface area contributed by atoms with Crippen molar-refractivity contribution in [1.29, 1.82) is 0 Å². The van der Waals surface area contributed by atoms with E-state index in [4.69, 9.17) is 37.4 Å². The quantitative estimate of drug-likeness (QED) is 0.593. The van der Waals surface area contributed by atoms with Crippen molar-refractivity contribution in [2.24, 2.45) is 0 Å². The third kappa shape index (κ3) is 5.61. The zero-order chi connectivity index (χ0) is 21.5. The first-order valence-electron chi connectivity index (χ1n) is 9.27. The minimum Gasteiger partial charge on any atom is -0.492 e. The van der Waals surface area contributed by atoms with Crippen LogP contribution in [0.5, 0.6) is 17.2 Å². The molecular formula is C20H21Cl2N3O5. The van der Waals surface area contributed by atoms with Crippen molar-refractivity contribution in [2.45, 2.75) is 6.92 Å². The smallest absolute Gasteiger partial charge is 0.317 e. The number of benzene rings is 2. The molecule has 3 amide bonds. The molecule has 0 spiro atoms. The second-order valence-corrected chi connectivity index (χ2v) is 7.07. The number of rotatable bonds is 8. The van der Waals surface area contributed by atoms with Gasteiger partial charge in [0.2, 0.25) is 12.7 Å². The van der Waals surface area contributed by atoms with Crippen LogP contribution < -0.4 is 24.8 Å². The number of para-hydroxylation sites is 1. The van der Waals surface area contributed by atoms with Gasteiger partial charge in [0.15, 0.2) is 11.5 Å². The molecule has 0 saturated heterocycles. The molecule has 10 heteroatoms. The zero-order valence-corrected chi connectivity index (χ0v) is 17.8. The van der Waals surface area contributed by atoms with Gasteiger partial charge in [0.1, 0.15) is 18.9 Å². The van der Waals surface area contributed by atoms with Crippen LogP contribution in [-0.4, -0.2) is 49.9 Å². The summed E-state index contributed by atoms with van der Waals surface area (Å²) in [5, 5.41) is 6.00. The van der Waals surface area contributed by atoms with Gasteiger partial charge in [-0.15, -0.1) is 0 Å². The molecule has 2 aromatic rings. The van der Waals surface area contributed by atoms with Crippen molar-refractivity contribution >= 4 is 40.8 Å². The van der Waals surface area contributed by atoms with Crippen molar-refractivity contribution < 1.29 is 23.8 Å². The number of halogens is 2. The van der Waals surface area contributed by atoms with Gasteiger partial charge >= 0.3 is 6.03 Å². The third-order valence-corrected chi connectivity index (χ3v) is 4.85. The number of hydrogen-bond acceptors (Lipinski definition) is 5. The summed E-state index contributed by atoms with van der Waals surface area (Å²) in [5.74, 6) is 1.50. The number of likely N-dealkylation sites (N-methyl/N-ethyl adjacent to an activating group) is 1. The van der Waals surface area contributed by atoms with Crippen LogP contribution in [0.2, 0.25) is 10.0 Å². The molecule has 0 bridgehead atoms. The summed E-state index contributed by atoms with van der Waals surface area (Å²) in [7, 11) is 0. The number of ether oxygens (including phenoxy) is 3. The highest BCUT2D eigenvalue weighted by Gasteiger charge is 2.17. The summed E-state index contributed by atoms with van der Waals surface area (Å²) < 4.78 is 16.1. The van der Waals surface area contributed by atoms with Gasteiger partial charge in [-0.05, 0) is 31.2 Å². The van der Waals surface area contributed by atoms with Crippen molar-refractivity contribution in [3.8, 4) is 17.2 Å². The Morgan fingerprint density at radius 2 is 1.87 bits per heavy atom. The summed E-state index contributed by atoms with van der Waals surface area (Å²) in [5.41, 5.74) is 0.319. The Morgan fingerprint density at radius 3 is 2.60 bits per heavy atom. The fraction of sp³-hybridized carbons (Fsp3) is 0.300. The molecule has 1 aliphatic heterocycles. The molecule has 2 N–H and O–H groups in total. The molecule has 160 valence electrons. The lowest BCUT2D eigenvalue weighted by Crippen LogP contribution is -2.45. The summed E-state index contributed by atoms with van der Waals surface area (Å²) in [6, 6.07) is 9.79. The lowest BCUT2D eigenvalue weighted by molar-refractivity contribution is -0.116. The molecule has 0 aromatic heterocycles. The Balaban J connectivity index is 1.43. The Kier molecular flexibility index (Phi) is 7.48. The first-order valence-corrected chi connectivity index (χ1v) is 10.0. The SMILES string of the molecule is CCN(CC(=O)Nc1c(Cl)cccc1Cl)C(=O)NCCOc1ccc2c(c1)OCO2. The molecule has 1 heterocycles. The van der Waals surface area contributed by atoms with E-state index in [2.05, 4.69) is 10.6 Å². The minimum atomic E-state index is -0.404. The average molecular weight is 454 g/mol. The van der Waals surface area contributed by atoms with Crippen molar-refractivity contribution in [3.63, 3.8) is 0 Å². The van der Waals surface area contributed by atoms with Crippen molar-refractivity contribution in [1.82, 2.24) is 10.2 Å². The summed E-state index contributed by atoms with van der Waals surface area (Å²) >= 11 is 12.1. The number of amides is 3. The number of hydrogen-bond donors (Lipinski definition) is 2. The maximum absolute atomic E-state index is 12.4. The van der Waals surface area contributed by atoms with Crippen LogP contribution in [0.25, 0.3) is 0 Å². The molecule has 0 fully saturated rings. The standard InChI is InChI=1S/C20H21Cl2N3O5/c1-2-25(11-18(26)24-19-14(21)4-3-5-15(19)22)20(27)23-8-9-28-13-6-7-16-17(10-13)30-12-29-16/h3-7,10H,2,8-9,11-12H2,1H3,(H,23,27)(H,24,26). The average Bonchev–Trinajstić information content (AvgIpc) is 3.20. The topological polar surface area (TPSA) is 89.1 Å². The Bertz CT molecular complexity index is 905. The fourth-order valence-electron chi connectivity index (χ4n) is 2.70. The number of carbonyl (C=O) groups excluding carboxylic acids is 2. The van der Waals surface area contributed by atoms with E-state index in [1.165, 1.54) is 4.90 Å². The van der Waals surface area contributed by atoms with Crippen LogP contribution in [0.3, 0.4) is 0 Å². The van der Waals surface area contributed by atoms with Crippen LogP contribution >= 0.6 is 23.2 Å². The van der Waals surface area contributed by atoms with Crippen LogP contribution in [-0.2, 0) is 4.79 Å². The summed E-state index contributed by atoms with van der Waals surface area (Å²) in [6.45, 7) is 2.69. The van der Waals surface area contributed by atoms with E-state index in [9.17, 15) is 9.59 Å². The molecular weight excluding hydrogens is 433 g/mol. The van der Waals surface area contributed by atoms with Crippen LogP contribution in [0.1, 0.15) is 6.92 Å². The minimum absolute atomic E-state index is 0.146. The lowest BCUT2D eigenvalue weighted by atomic mass is 10.3. The predicted molar refractivity (Wildman–Crippen MR) is 114 cm³/mol. The van der Waals surface area contributed by atoms with E-state index in [-0.39, 0.29) is 32.5 Å². The molecule has 0 unspecified atom stereocenters. The van der Waals surface area contributed by atoms with E-state index in [1.807, 2.05) is 0 Å². The molecule has 0 radical (unpaired) electrons. The van der Waals surface area contributed by atoms with E-state index in [1.54, 1.807) is 43.3 Å². The van der Waals surface area contributed by atoms with Gasteiger partial charge in [0.05, 0.1) is 22.3 Å². The van der Waals surface area contributed by atoms with Gasteiger partial charge in [-0.1, -0.05) is 29.3 Å². The highest BCUT2D eigenvalue weighted by molar-refractivity contribution is 6.39. The third-order valence-electron chi connectivity index (χ3n) is 4.22. The summed E-state index contributed by atoms with van der Waals surface area (Å²) in [4.78, 5) is 26.0. The van der Waals surface area contributed by atoms with E-state index < -0.39 is 5.91 Å². The molecule has 0 saturated carbocycles. The highest BCUT2D eigenvalue weighted by Crippen LogP contribution is 2.35. The van der Waals surface area contributed by atoms with E-state index in [0.717, 1.165) is 0 Å². The molecule has 30 heavy (non-hydrogen) atoms. The van der Waals surface area contributed by atoms with Crippen LogP contribution in [0.15, 0.2) is 36.4 Å². The van der Waals surface area contributed by atoms with Crippen molar-refractivity contribution in [3.05, 3.63) is 46.4 Å². The normalized spacial score (nSPS) is 11.7. The van der Waals surface area contributed by atoms with Gasteiger partial charge in [0.25, 0.3) is 0 Å². The molecule has 0 atom stereocenters. The second-order valence-electron chi connectivity index (χ2n) is 6.25. The molecule has 0 aliphatic carbocycles. The number of nitrogens with zero attached hydrogens (tertiary/aromatic N) is 1. The fourth-order valence-corrected chi connectivity index (χ4v) is 3.19. The maximum Gasteiger partial charge on any atom is 0.317 e. The van der Waals surface area contributed by atoms with Gasteiger partial charge < -0.3 is 29.7 Å². The zero-order valence-electron chi connectivity index (χ0n) is 16.2. The maximum atomic E-state index is 12.4. The van der Waals surface area contributed by atoms with Gasteiger partial charge in [0, 0.05) is 12.6 Å². The first kappa shape index (κ1) is 21.9. The predicted octanol–water partition coefficient (Wildman–Crippen LogP) is 3.77. The highest BCUT2D eigenvalue weighted by atomic mass is 35.5. The first-order chi connectivity index (χ1) is 14.5. The van der Waals surface area contributed by atoms with E-state index >= 15 is 0 Å². The van der Waals surface area contributed by atoms with Crippen LogP contribution in [0.4, 0.5) is 10.5 Å². The lowest BCUT2D eigenvalue weighted by Gasteiger charge is -2.21. The second kappa shape index (κ2) is 10.3. The Hall–Kier alpha value is -2.84. The number of fused-ring (bicyclic) bond motifs is 1. The largest absolute Gasteiger partial charge is 0.492 e. The monoisotopic (exact) mass is 453 g/mol. The molecule has 2 aromatic carbocycles. The van der Waals surface area contributed by atoms with Crippen molar-refractivity contribution in [2.75, 3.05) is 38.4 Å². The Morgan fingerprint density at radius 1 is 1.13 bits per heavy atom.